The van der Waals surface area contributed by atoms with Gasteiger partial charge in [-0.1, -0.05) is 19.1 Å². The van der Waals surface area contributed by atoms with Gasteiger partial charge in [0, 0.05) is 5.56 Å². The SMILES string of the molecule is COc1cccc(C)c1C(C)CN. The lowest BCUT2D eigenvalue weighted by molar-refractivity contribution is 0.406. The van der Waals surface area contributed by atoms with E-state index in [2.05, 4.69) is 19.9 Å². The topological polar surface area (TPSA) is 35.2 Å². The molecular formula is C11H17NO. The highest BCUT2D eigenvalue weighted by Gasteiger charge is 2.11. The Balaban J connectivity index is 3.14. The van der Waals surface area contributed by atoms with Crippen molar-refractivity contribution in [2.24, 2.45) is 5.73 Å². The van der Waals surface area contributed by atoms with Gasteiger partial charge < -0.3 is 10.5 Å². The molecule has 0 bridgehead atoms. The first-order valence-electron chi connectivity index (χ1n) is 4.54. The molecule has 0 aliphatic rings. The van der Waals surface area contributed by atoms with Gasteiger partial charge >= 0.3 is 0 Å². The summed E-state index contributed by atoms with van der Waals surface area (Å²) in [5.41, 5.74) is 8.12. The van der Waals surface area contributed by atoms with Crippen molar-refractivity contribution in [1.29, 1.82) is 0 Å². The molecule has 0 aliphatic carbocycles. The van der Waals surface area contributed by atoms with E-state index < -0.39 is 0 Å². The number of benzene rings is 1. The van der Waals surface area contributed by atoms with Crippen LogP contribution >= 0.6 is 0 Å². The van der Waals surface area contributed by atoms with E-state index >= 15 is 0 Å². The quantitative estimate of drug-likeness (QED) is 0.771. The van der Waals surface area contributed by atoms with Crippen molar-refractivity contribution in [2.45, 2.75) is 19.8 Å². The molecule has 1 aromatic rings. The zero-order valence-corrected chi connectivity index (χ0v) is 8.50. The molecule has 0 aliphatic heterocycles. The minimum Gasteiger partial charge on any atom is -0.496 e. The highest BCUT2D eigenvalue weighted by atomic mass is 16.5. The van der Waals surface area contributed by atoms with E-state index in [0.717, 1.165) is 5.75 Å². The van der Waals surface area contributed by atoms with Gasteiger partial charge in [-0.05, 0) is 31.0 Å². The van der Waals surface area contributed by atoms with Gasteiger partial charge in [-0.15, -0.1) is 0 Å². The molecule has 1 unspecified atom stereocenters. The lowest BCUT2D eigenvalue weighted by Crippen LogP contribution is -2.11. The molecule has 2 heteroatoms. The molecule has 1 rings (SSSR count). The van der Waals surface area contributed by atoms with E-state index in [1.54, 1.807) is 7.11 Å². The summed E-state index contributed by atoms with van der Waals surface area (Å²) in [4.78, 5) is 0. The summed E-state index contributed by atoms with van der Waals surface area (Å²) in [6, 6.07) is 6.07. The Bertz CT molecular complexity index is 283. The van der Waals surface area contributed by atoms with Gasteiger partial charge in [0.1, 0.15) is 5.75 Å². The Morgan fingerprint density at radius 1 is 1.46 bits per heavy atom. The average Bonchev–Trinajstić information content (AvgIpc) is 2.16. The minimum absolute atomic E-state index is 0.358. The standard InChI is InChI=1S/C11H17NO/c1-8-5-4-6-10(13-3)11(8)9(2)7-12/h4-6,9H,7,12H2,1-3H3. The Labute approximate surface area is 79.7 Å². The van der Waals surface area contributed by atoms with Gasteiger partial charge in [0.15, 0.2) is 0 Å². The molecule has 0 amide bonds. The molecule has 0 radical (unpaired) electrons. The molecule has 0 saturated heterocycles. The lowest BCUT2D eigenvalue weighted by Gasteiger charge is -2.16. The second kappa shape index (κ2) is 4.28. The monoisotopic (exact) mass is 179 g/mol. The maximum absolute atomic E-state index is 5.64. The third-order valence-electron chi connectivity index (χ3n) is 2.35. The van der Waals surface area contributed by atoms with Gasteiger partial charge in [0.05, 0.1) is 7.11 Å². The maximum atomic E-state index is 5.64. The van der Waals surface area contributed by atoms with Crippen LogP contribution < -0.4 is 10.5 Å². The lowest BCUT2D eigenvalue weighted by atomic mass is 9.95. The summed E-state index contributed by atoms with van der Waals surface area (Å²) in [5, 5.41) is 0. The van der Waals surface area contributed by atoms with E-state index in [-0.39, 0.29) is 0 Å². The summed E-state index contributed by atoms with van der Waals surface area (Å²) in [6.07, 6.45) is 0. The van der Waals surface area contributed by atoms with E-state index in [4.69, 9.17) is 10.5 Å². The van der Waals surface area contributed by atoms with Gasteiger partial charge in [0.2, 0.25) is 0 Å². The van der Waals surface area contributed by atoms with Crippen molar-refractivity contribution in [3.63, 3.8) is 0 Å². The van der Waals surface area contributed by atoms with Crippen LogP contribution in [0.25, 0.3) is 0 Å². The van der Waals surface area contributed by atoms with E-state index in [1.807, 2.05) is 12.1 Å². The average molecular weight is 179 g/mol. The smallest absolute Gasteiger partial charge is 0.122 e. The van der Waals surface area contributed by atoms with E-state index in [9.17, 15) is 0 Å². The molecule has 0 aromatic heterocycles. The first-order chi connectivity index (χ1) is 6.20. The molecule has 2 nitrogen and oxygen atoms in total. The summed E-state index contributed by atoms with van der Waals surface area (Å²) < 4.78 is 5.29. The van der Waals surface area contributed by atoms with Crippen molar-refractivity contribution in [3.8, 4) is 5.75 Å². The molecule has 2 N–H and O–H groups in total. The van der Waals surface area contributed by atoms with Crippen molar-refractivity contribution in [2.75, 3.05) is 13.7 Å². The highest BCUT2D eigenvalue weighted by Crippen LogP contribution is 2.28. The number of rotatable bonds is 3. The van der Waals surface area contributed by atoms with Gasteiger partial charge in [-0.2, -0.15) is 0 Å². The van der Waals surface area contributed by atoms with E-state index in [1.165, 1.54) is 11.1 Å². The zero-order valence-electron chi connectivity index (χ0n) is 8.50. The van der Waals surface area contributed by atoms with Crippen molar-refractivity contribution >= 4 is 0 Å². The molecule has 0 saturated carbocycles. The first kappa shape index (κ1) is 10.1. The van der Waals surface area contributed by atoms with Crippen LogP contribution in [0.3, 0.4) is 0 Å². The fourth-order valence-corrected chi connectivity index (χ4v) is 1.58. The summed E-state index contributed by atoms with van der Waals surface area (Å²) in [7, 11) is 1.70. The molecular weight excluding hydrogens is 162 g/mol. The molecule has 13 heavy (non-hydrogen) atoms. The summed E-state index contributed by atoms with van der Waals surface area (Å²) >= 11 is 0. The first-order valence-corrected chi connectivity index (χ1v) is 4.54. The third kappa shape index (κ3) is 2.01. The predicted octanol–water partition coefficient (Wildman–Crippen LogP) is 2.07. The second-order valence-corrected chi connectivity index (χ2v) is 3.33. The number of hydrogen-bond acceptors (Lipinski definition) is 2. The summed E-state index contributed by atoms with van der Waals surface area (Å²) in [5.74, 6) is 1.30. The van der Waals surface area contributed by atoms with Crippen molar-refractivity contribution in [3.05, 3.63) is 29.3 Å². The van der Waals surface area contributed by atoms with Crippen molar-refractivity contribution < 1.29 is 4.74 Å². The number of nitrogens with two attached hydrogens (primary N) is 1. The Morgan fingerprint density at radius 3 is 2.69 bits per heavy atom. The zero-order chi connectivity index (χ0) is 9.84. The van der Waals surface area contributed by atoms with Crippen LogP contribution in [0.15, 0.2) is 18.2 Å². The van der Waals surface area contributed by atoms with Gasteiger partial charge in [0.25, 0.3) is 0 Å². The van der Waals surface area contributed by atoms with Crippen LogP contribution in [0, 0.1) is 6.92 Å². The fourth-order valence-electron chi connectivity index (χ4n) is 1.58. The molecule has 1 atom stereocenters. The maximum Gasteiger partial charge on any atom is 0.122 e. The Hall–Kier alpha value is -1.02. The number of ether oxygens (including phenoxy) is 1. The molecule has 1 aromatic carbocycles. The predicted molar refractivity (Wildman–Crippen MR) is 55.2 cm³/mol. The minimum atomic E-state index is 0.358. The van der Waals surface area contributed by atoms with Crippen LogP contribution in [-0.4, -0.2) is 13.7 Å². The number of hydrogen-bond donors (Lipinski definition) is 1. The Morgan fingerprint density at radius 2 is 2.15 bits per heavy atom. The number of methoxy groups -OCH3 is 1. The van der Waals surface area contributed by atoms with Gasteiger partial charge in [-0.3, -0.25) is 0 Å². The Kier molecular flexibility index (Phi) is 3.32. The normalized spacial score (nSPS) is 12.6. The van der Waals surface area contributed by atoms with Gasteiger partial charge in [-0.25, -0.2) is 0 Å². The number of aryl methyl sites for hydroxylation is 1. The highest BCUT2D eigenvalue weighted by molar-refractivity contribution is 5.42. The fraction of sp³-hybridized carbons (Fsp3) is 0.455. The molecule has 0 spiro atoms. The van der Waals surface area contributed by atoms with Crippen LogP contribution in [0.1, 0.15) is 24.0 Å². The summed E-state index contributed by atoms with van der Waals surface area (Å²) in [6.45, 7) is 4.86. The van der Waals surface area contributed by atoms with Crippen LogP contribution in [-0.2, 0) is 0 Å². The molecule has 72 valence electrons. The van der Waals surface area contributed by atoms with Crippen molar-refractivity contribution in [1.82, 2.24) is 0 Å². The molecule has 0 fully saturated rings. The van der Waals surface area contributed by atoms with Crippen LogP contribution in [0.5, 0.6) is 5.75 Å². The van der Waals surface area contributed by atoms with Crippen LogP contribution in [0.2, 0.25) is 0 Å². The van der Waals surface area contributed by atoms with E-state index in [0.29, 0.717) is 12.5 Å². The van der Waals surface area contributed by atoms with Crippen LogP contribution in [0.4, 0.5) is 0 Å². The largest absolute Gasteiger partial charge is 0.496 e. The third-order valence-corrected chi connectivity index (χ3v) is 2.35. The molecule has 0 heterocycles. The second-order valence-electron chi connectivity index (χ2n) is 3.33.